The molecule has 1 rings (SSSR count). The highest BCUT2D eigenvalue weighted by Crippen LogP contribution is 2.12. The maximum atomic E-state index is 12.0. The summed E-state index contributed by atoms with van der Waals surface area (Å²) in [4.78, 5) is 36.5. The minimum atomic E-state index is -0.402. The fourth-order valence-corrected chi connectivity index (χ4v) is 1.88. The highest BCUT2D eigenvalue weighted by atomic mass is 16.2. The van der Waals surface area contributed by atoms with Gasteiger partial charge in [-0.2, -0.15) is 0 Å². The van der Waals surface area contributed by atoms with Crippen LogP contribution >= 0.6 is 0 Å². The van der Waals surface area contributed by atoms with Crippen LogP contribution < -0.4 is 10.6 Å². The molecule has 1 saturated heterocycles. The van der Waals surface area contributed by atoms with Gasteiger partial charge in [-0.25, -0.2) is 0 Å². The van der Waals surface area contributed by atoms with E-state index in [-0.39, 0.29) is 17.7 Å². The van der Waals surface area contributed by atoms with Crippen LogP contribution in [0.5, 0.6) is 0 Å². The van der Waals surface area contributed by atoms with Crippen molar-refractivity contribution < 1.29 is 14.4 Å². The van der Waals surface area contributed by atoms with E-state index in [1.165, 1.54) is 0 Å². The van der Waals surface area contributed by atoms with Crippen LogP contribution in [0.1, 0.15) is 40.0 Å². The quantitative estimate of drug-likeness (QED) is 0.727. The molecule has 0 aliphatic carbocycles. The third-order valence-electron chi connectivity index (χ3n) is 3.20. The average Bonchev–Trinajstić information content (AvgIpc) is 2.57. The Morgan fingerprint density at radius 1 is 1.30 bits per heavy atom. The highest BCUT2D eigenvalue weighted by molar-refractivity contribution is 5.81. The summed E-state index contributed by atoms with van der Waals surface area (Å²) in [6, 6.07) is 0. The molecular weight excluding hydrogens is 258 g/mol. The van der Waals surface area contributed by atoms with E-state index in [1.54, 1.807) is 4.90 Å². The van der Waals surface area contributed by atoms with Gasteiger partial charge in [0, 0.05) is 44.4 Å². The number of nitrogens with one attached hydrogen (secondary N) is 2. The number of rotatable bonds is 4. The molecule has 0 unspecified atom stereocenters. The molecule has 1 fully saturated rings. The zero-order valence-electron chi connectivity index (χ0n) is 12.6. The van der Waals surface area contributed by atoms with Gasteiger partial charge in [0.1, 0.15) is 0 Å². The van der Waals surface area contributed by atoms with Gasteiger partial charge < -0.3 is 15.5 Å². The van der Waals surface area contributed by atoms with E-state index >= 15 is 0 Å². The minimum absolute atomic E-state index is 0.00209. The van der Waals surface area contributed by atoms with Gasteiger partial charge in [-0.05, 0) is 6.42 Å². The van der Waals surface area contributed by atoms with E-state index in [1.807, 2.05) is 20.8 Å². The Kier molecular flexibility index (Phi) is 5.98. The van der Waals surface area contributed by atoms with Crippen LogP contribution in [0.3, 0.4) is 0 Å². The van der Waals surface area contributed by atoms with Crippen molar-refractivity contribution in [2.24, 2.45) is 5.41 Å². The fourth-order valence-electron chi connectivity index (χ4n) is 1.88. The van der Waals surface area contributed by atoms with Crippen LogP contribution in [0.4, 0.5) is 0 Å². The standard InChI is InChI=1S/C14H25N3O3/c1-14(2,3)13(20)16-7-4-5-12(19)17-9-6-11(18)15-8-10-17/h4-10H2,1-3H3,(H,15,18)(H,16,20). The van der Waals surface area contributed by atoms with E-state index in [2.05, 4.69) is 10.6 Å². The Hall–Kier alpha value is -1.59. The van der Waals surface area contributed by atoms with Crippen molar-refractivity contribution in [3.63, 3.8) is 0 Å². The van der Waals surface area contributed by atoms with Crippen molar-refractivity contribution in [1.82, 2.24) is 15.5 Å². The lowest BCUT2D eigenvalue weighted by Crippen LogP contribution is -2.37. The molecule has 20 heavy (non-hydrogen) atoms. The molecule has 0 saturated carbocycles. The summed E-state index contributed by atoms with van der Waals surface area (Å²) in [6.07, 6.45) is 1.39. The molecule has 0 aromatic rings. The van der Waals surface area contributed by atoms with Crippen LogP contribution in [0.25, 0.3) is 0 Å². The lowest BCUT2D eigenvalue weighted by molar-refractivity contribution is -0.132. The Labute approximate surface area is 120 Å². The van der Waals surface area contributed by atoms with Crippen LogP contribution in [-0.2, 0) is 14.4 Å². The van der Waals surface area contributed by atoms with E-state index in [4.69, 9.17) is 0 Å². The predicted molar refractivity (Wildman–Crippen MR) is 75.9 cm³/mol. The molecule has 0 aromatic carbocycles. The second-order valence-corrected chi connectivity index (χ2v) is 6.09. The number of carbonyl (C=O) groups excluding carboxylic acids is 3. The van der Waals surface area contributed by atoms with Crippen molar-refractivity contribution in [2.75, 3.05) is 26.2 Å². The maximum Gasteiger partial charge on any atom is 0.225 e. The van der Waals surface area contributed by atoms with E-state index in [0.717, 1.165) is 0 Å². The first kappa shape index (κ1) is 16.5. The van der Waals surface area contributed by atoms with Crippen LogP contribution in [-0.4, -0.2) is 48.8 Å². The lowest BCUT2D eigenvalue weighted by Gasteiger charge is -2.20. The molecule has 1 aliphatic rings. The van der Waals surface area contributed by atoms with Crippen LogP contribution in [0.15, 0.2) is 0 Å². The van der Waals surface area contributed by atoms with Crippen molar-refractivity contribution in [1.29, 1.82) is 0 Å². The number of nitrogens with zero attached hydrogens (tertiary/aromatic N) is 1. The van der Waals surface area contributed by atoms with Crippen molar-refractivity contribution in [2.45, 2.75) is 40.0 Å². The van der Waals surface area contributed by atoms with Crippen molar-refractivity contribution >= 4 is 17.7 Å². The first-order chi connectivity index (χ1) is 9.30. The van der Waals surface area contributed by atoms with Gasteiger partial charge in [-0.15, -0.1) is 0 Å². The molecule has 0 bridgehead atoms. The Morgan fingerprint density at radius 2 is 2.00 bits per heavy atom. The summed E-state index contributed by atoms with van der Waals surface area (Å²) in [6.45, 7) is 7.65. The van der Waals surface area contributed by atoms with Gasteiger partial charge in [0.25, 0.3) is 0 Å². The molecule has 6 heteroatoms. The number of amides is 3. The van der Waals surface area contributed by atoms with E-state index < -0.39 is 5.41 Å². The fraction of sp³-hybridized carbons (Fsp3) is 0.786. The van der Waals surface area contributed by atoms with Crippen LogP contribution in [0, 0.1) is 5.41 Å². The molecule has 2 N–H and O–H groups in total. The molecule has 6 nitrogen and oxygen atoms in total. The number of hydrogen-bond donors (Lipinski definition) is 2. The molecule has 0 aromatic heterocycles. The monoisotopic (exact) mass is 283 g/mol. The second kappa shape index (κ2) is 7.26. The first-order valence-corrected chi connectivity index (χ1v) is 7.13. The Morgan fingerprint density at radius 3 is 2.65 bits per heavy atom. The van der Waals surface area contributed by atoms with Crippen LogP contribution in [0.2, 0.25) is 0 Å². The predicted octanol–water partition coefficient (Wildman–Crippen LogP) is 0.277. The van der Waals surface area contributed by atoms with Gasteiger partial charge in [-0.1, -0.05) is 20.8 Å². The van der Waals surface area contributed by atoms with Gasteiger partial charge in [0.2, 0.25) is 17.7 Å². The van der Waals surface area contributed by atoms with Gasteiger partial charge in [-0.3, -0.25) is 14.4 Å². The van der Waals surface area contributed by atoms with Gasteiger partial charge >= 0.3 is 0 Å². The zero-order chi connectivity index (χ0) is 15.2. The molecule has 0 atom stereocenters. The lowest BCUT2D eigenvalue weighted by atomic mass is 9.96. The largest absolute Gasteiger partial charge is 0.356 e. The summed E-state index contributed by atoms with van der Waals surface area (Å²) in [5.74, 6) is 0.0405. The van der Waals surface area contributed by atoms with Crippen molar-refractivity contribution in [3.05, 3.63) is 0 Å². The van der Waals surface area contributed by atoms with Gasteiger partial charge in [0.05, 0.1) is 0 Å². The number of carbonyl (C=O) groups is 3. The Bertz CT molecular complexity index is 374. The molecule has 0 radical (unpaired) electrons. The SMILES string of the molecule is CC(C)(C)C(=O)NCCCC(=O)N1CCNC(=O)CC1. The zero-order valence-corrected chi connectivity index (χ0v) is 12.6. The molecule has 1 heterocycles. The minimum Gasteiger partial charge on any atom is -0.356 e. The topological polar surface area (TPSA) is 78.5 Å². The van der Waals surface area contributed by atoms with Crippen molar-refractivity contribution in [3.8, 4) is 0 Å². The molecule has 114 valence electrons. The molecule has 1 aliphatic heterocycles. The normalized spacial score (nSPS) is 16.4. The molecular formula is C14H25N3O3. The smallest absolute Gasteiger partial charge is 0.225 e. The van der Waals surface area contributed by atoms with E-state index in [0.29, 0.717) is 45.4 Å². The molecule has 0 spiro atoms. The van der Waals surface area contributed by atoms with E-state index in [9.17, 15) is 14.4 Å². The van der Waals surface area contributed by atoms with Gasteiger partial charge in [0.15, 0.2) is 0 Å². The average molecular weight is 283 g/mol. The summed E-state index contributed by atoms with van der Waals surface area (Å²) < 4.78 is 0. The second-order valence-electron chi connectivity index (χ2n) is 6.09. The first-order valence-electron chi connectivity index (χ1n) is 7.13. The Balaban J connectivity index is 2.23. The maximum absolute atomic E-state index is 12.0. The summed E-state index contributed by atoms with van der Waals surface area (Å²) >= 11 is 0. The number of hydrogen-bond acceptors (Lipinski definition) is 3. The summed E-state index contributed by atoms with van der Waals surface area (Å²) in [5, 5.41) is 5.56. The summed E-state index contributed by atoms with van der Waals surface area (Å²) in [7, 11) is 0. The highest BCUT2D eigenvalue weighted by Gasteiger charge is 2.21. The third-order valence-corrected chi connectivity index (χ3v) is 3.20. The molecule has 3 amide bonds. The third kappa shape index (κ3) is 5.59. The summed E-state index contributed by atoms with van der Waals surface area (Å²) in [5.41, 5.74) is -0.402.